The van der Waals surface area contributed by atoms with E-state index in [0.29, 0.717) is 6.04 Å². The second-order valence-corrected chi connectivity index (χ2v) is 3.64. The maximum atomic E-state index is 12.6. The predicted molar refractivity (Wildman–Crippen MR) is 57.9 cm³/mol. The normalized spacial score (nSPS) is 12.8. The summed E-state index contributed by atoms with van der Waals surface area (Å²) in [7, 11) is 0. The van der Waals surface area contributed by atoms with Crippen LogP contribution in [0.3, 0.4) is 0 Å². The number of hydrogen-bond acceptors (Lipinski definition) is 1. The highest BCUT2D eigenvalue weighted by molar-refractivity contribution is 5.16. The average Bonchev–Trinajstić information content (AvgIpc) is 2.21. The summed E-state index contributed by atoms with van der Waals surface area (Å²) in [6, 6.07) is 7.27. The molecule has 0 spiro atoms. The molecule has 1 aromatic carbocycles. The zero-order valence-corrected chi connectivity index (χ0v) is 8.89. The highest BCUT2D eigenvalue weighted by Gasteiger charge is 1.97. The Morgan fingerprint density at radius 3 is 2.50 bits per heavy atom. The van der Waals surface area contributed by atoms with Gasteiger partial charge in [0.15, 0.2) is 0 Å². The maximum Gasteiger partial charge on any atom is 0.123 e. The SMILES string of the molecule is CC[C@@H](C)NCCc1ccc(F)cc1. The molecule has 1 atom stereocenters. The van der Waals surface area contributed by atoms with Crippen molar-refractivity contribution < 1.29 is 4.39 Å². The van der Waals surface area contributed by atoms with Gasteiger partial charge < -0.3 is 5.32 Å². The largest absolute Gasteiger partial charge is 0.314 e. The van der Waals surface area contributed by atoms with Gasteiger partial charge in [0.2, 0.25) is 0 Å². The topological polar surface area (TPSA) is 12.0 Å². The lowest BCUT2D eigenvalue weighted by molar-refractivity contribution is 0.537. The fourth-order valence-electron chi connectivity index (χ4n) is 1.26. The van der Waals surface area contributed by atoms with Crippen molar-refractivity contribution in [1.29, 1.82) is 0 Å². The first-order valence-electron chi connectivity index (χ1n) is 5.20. The third-order valence-corrected chi connectivity index (χ3v) is 2.43. The molecule has 1 rings (SSSR count). The Balaban J connectivity index is 2.28. The fourth-order valence-corrected chi connectivity index (χ4v) is 1.26. The van der Waals surface area contributed by atoms with Crippen LogP contribution in [0.2, 0.25) is 0 Å². The van der Waals surface area contributed by atoms with Crippen molar-refractivity contribution in [3.05, 3.63) is 35.6 Å². The first-order chi connectivity index (χ1) is 6.72. The summed E-state index contributed by atoms with van der Waals surface area (Å²) < 4.78 is 12.6. The predicted octanol–water partition coefficient (Wildman–Crippen LogP) is 2.76. The quantitative estimate of drug-likeness (QED) is 0.761. The standard InChI is InChI=1S/C12H18FN/c1-3-10(2)14-9-8-11-4-6-12(13)7-5-11/h4-7,10,14H,3,8-9H2,1-2H3/t10-/m1/s1. The van der Waals surface area contributed by atoms with Crippen molar-refractivity contribution in [3.63, 3.8) is 0 Å². The Labute approximate surface area is 85.3 Å². The zero-order chi connectivity index (χ0) is 10.4. The second-order valence-electron chi connectivity index (χ2n) is 3.64. The van der Waals surface area contributed by atoms with Gasteiger partial charge in [-0.15, -0.1) is 0 Å². The molecule has 0 fully saturated rings. The number of rotatable bonds is 5. The molecule has 0 saturated carbocycles. The minimum atomic E-state index is -0.163. The Morgan fingerprint density at radius 2 is 1.93 bits per heavy atom. The van der Waals surface area contributed by atoms with Crippen molar-refractivity contribution in [1.82, 2.24) is 5.32 Å². The van der Waals surface area contributed by atoms with Crippen LogP contribution in [0.5, 0.6) is 0 Å². The molecule has 0 aliphatic carbocycles. The maximum absolute atomic E-state index is 12.6. The van der Waals surface area contributed by atoms with Crippen LogP contribution in [0, 0.1) is 5.82 Å². The molecule has 0 bridgehead atoms. The summed E-state index contributed by atoms with van der Waals surface area (Å²) >= 11 is 0. The van der Waals surface area contributed by atoms with E-state index in [1.54, 1.807) is 0 Å². The third kappa shape index (κ3) is 3.88. The van der Waals surface area contributed by atoms with Gasteiger partial charge in [0, 0.05) is 6.04 Å². The van der Waals surface area contributed by atoms with Gasteiger partial charge in [0.1, 0.15) is 5.82 Å². The van der Waals surface area contributed by atoms with Gasteiger partial charge in [0.25, 0.3) is 0 Å². The lowest BCUT2D eigenvalue weighted by Crippen LogP contribution is -2.27. The first-order valence-corrected chi connectivity index (χ1v) is 5.20. The minimum absolute atomic E-state index is 0.163. The van der Waals surface area contributed by atoms with Crippen molar-refractivity contribution in [2.24, 2.45) is 0 Å². The van der Waals surface area contributed by atoms with Crippen LogP contribution >= 0.6 is 0 Å². The number of halogens is 1. The third-order valence-electron chi connectivity index (χ3n) is 2.43. The fraction of sp³-hybridized carbons (Fsp3) is 0.500. The number of hydrogen-bond donors (Lipinski definition) is 1. The molecule has 0 unspecified atom stereocenters. The summed E-state index contributed by atoms with van der Waals surface area (Å²) in [6.07, 6.45) is 2.11. The molecular formula is C12H18FN. The van der Waals surface area contributed by atoms with E-state index < -0.39 is 0 Å². The summed E-state index contributed by atoms with van der Waals surface area (Å²) in [6.45, 7) is 5.29. The van der Waals surface area contributed by atoms with Gasteiger partial charge in [-0.2, -0.15) is 0 Å². The van der Waals surface area contributed by atoms with Crippen LogP contribution in [0.25, 0.3) is 0 Å². The van der Waals surface area contributed by atoms with Gasteiger partial charge in [-0.25, -0.2) is 4.39 Å². The Bertz CT molecular complexity index is 256. The molecule has 0 aliphatic heterocycles. The molecule has 0 aliphatic rings. The molecule has 2 heteroatoms. The number of benzene rings is 1. The molecule has 0 radical (unpaired) electrons. The summed E-state index contributed by atoms with van der Waals surface area (Å²) in [5.74, 6) is -0.163. The molecule has 0 amide bonds. The highest BCUT2D eigenvalue weighted by atomic mass is 19.1. The van der Waals surface area contributed by atoms with Crippen molar-refractivity contribution in [2.45, 2.75) is 32.7 Å². The van der Waals surface area contributed by atoms with Gasteiger partial charge in [-0.3, -0.25) is 0 Å². The van der Waals surface area contributed by atoms with Gasteiger partial charge in [0.05, 0.1) is 0 Å². The van der Waals surface area contributed by atoms with Crippen molar-refractivity contribution >= 4 is 0 Å². The molecule has 1 aromatic rings. The molecule has 78 valence electrons. The summed E-state index contributed by atoms with van der Waals surface area (Å²) in [5.41, 5.74) is 1.18. The van der Waals surface area contributed by atoms with E-state index in [4.69, 9.17) is 0 Å². The zero-order valence-electron chi connectivity index (χ0n) is 8.89. The van der Waals surface area contributed by atoms with E-state index in [1.165, 1.54) is 17.7 Å². The van der Waals surface area contributed by atoms with Crippen LogP contribution in [0.1, 0.15) is 25.8 Å². The van der Waals surface area contributed by atoms with Gasteiger partial charge in [-0.1, -0.05) is 19.1 Å². The van der Waals surface area contributed by atoms with Gasteiger partial charge in [-0.05, 0) is 44.0 Å². The van der Waals surface area contributed by atoms with Crippen molar-refractivity contribution in [3.8, 4) is 0 Å². The van der Waals surface area contributed by atoms with Crippen molar-refractivity contribution in [2.75, 3.05) is 6.54 Å². The van der Waals surface area contributed by atoms with Crippen LogP contribution < -0.4 is 5.32 Å². The van der Waals surface area contributed by atoms with E-state index in [1.807, 2.05) is 12.1 Å². The molecule has 0 saturated heterocycles. The van der Waals surface area contributed by atoms with Gasteiger partial charge >= 0.3 is 0 Å². The van der Waals surface area contributed by atoms with E-state index >= 15 is 0 Å². The molecule has 1 nitrogen and oxygen atoms in total. The Hall–Kier alpha value is -0.890. The highest BCUT2D eigenvalue weighted by Crippen LogP contribution is 2.02. The molecule has 1 N–H and O–H groups in total. The molecule has 14 heavy (non-hydrogen) atoms. The summed E-state index contributed by atoms with van der Waals surface area (Å²) in [4.78, 5) is 0. The lowest BCUT2D eigenvalue weighted by Gasteiger charge is -2.10. The molecular weight excluding hydrogens is 177 g/mol. The van der Waals surface area contributed by atoms with Crippen LogP contribution in [-0.4, -0.2) is 12.6 Å². The molecule has 0 heterocycles. The Kier molecular flexibility index (Phi) is 4.60. The van der Waals surface area contributed by atoms with E-state index in [2.05, 4.69) is 19.2 Å². The van der Waals surface area contributed by atoms with Crippen LogP contribution in [0.4, 0.5) is 4.39 Å². The number of nitrogens with one attached hydrogen (secondary N) is 1. The lowest BCUT2D eigenvalue weighted by atomic mass is 10.1. The second kappa shape index (κ2) is 5.76. The average molecular weight is 195 g/mol. The summed E-state index contributed by atoms with van der Waals surface area (Å²) in [5, 5.41) is 3.40. The van der Waals surface area contributed by atoms with Crippen LogP contribution in [-0.2, 0) is 6.42 Å². The van der Waals surface area contributed by atoms with Crippen LogP contribution in [0.15, 0.2) is 24.3 Å². The molecule has 0 aromatic heterocycles. The van der Waals surface area contributed by atoms with E-state index in [0.717, 1.165) is 19.4 Å². The Morgan fingerprint density at radius 1 is 1.29 bits per heavy atom. The van der Waals surface area contributed by atoms with E-state index in [-0.39, 0.29) is 5.82 Å². The van der Waals surface area contributed by atoms with E-state index in [9.17, 15) is 4.39 Å². The monoisotopic (exact) mass is 195 g/mol. The first kappa shape index (κ1) is 11.2. The smallest absolute Gasteiger partial charge is 0.123 e. The minimum Gasteiger partial charge on any atom is -0.314 e.